The van der Waals surface area contributed by atoms with Gasteiger partial charge in [-0.3, -0.25) is 9.48 Å². The zero-order valence-electron chi connectivity index (χ0n) is 11.2. The van der Waals surface area contributed by atoms with Crippen LogP contribution in [0.5, 0.6) is 0 Å². The number of carbonyl (C=O) groups excluding carboxylic acids is 1. The molecule has 0 aliphatic carbocycles. The van der Waals surface area contributed by atoms with Gasteiger partial charge in [0.05, 0.1) is 6.26 Å². The van der Waals surface area contributed by atoms with Gasteiger partial charge in [0.15, 0.2) is 0 Å². The number of carbonyl (C=O) groups is 1. The highest BCUT2D eigenvalue weighted by Gasteiger charge is 2.22. The Kier molecular flexibility index (Phi) is 4.53. The van der Waals surface area contributed by atoms with Crippen LogP contribution in [0.1, 0.15) is 13.8 Å². The Morgan fingerprint density at radius 3 is 2.63 bits per heavy atom. The van der Waals surface area contributed by atoms with Gasteiger partial charge in [0.1, 0.15) is 12.4 Å². The number of aromatic nitrogens is 2. The van der Waals surface area contributed by atoms with Gasteiger partial charge in [0, 0.05) is 18.3 Å². The zero-order chi connectivity index (χ0) is 14.7. The molecule has 108 valence electrons. The summed E-state index contributed by atoms with van der Waals surface area (Å²) in [5.74, 6) is 0.0679. The summed E-state index contributed by atoms with van der Waals surface area (Å²) in [5, 5.41) is 6.51. The van der Waals surface area contributed by atoms with Gasteiger partial charge in [0.2, 0.25) is 15.9 Å². The van der Waals surface area contributed by atoms with Crippen LogP contribution in [0.4, 0.5) is 5.82 Å². The van der Waals surface area contributed by atoms with Crippen molar-refractivity contribution in [2.24, 2.45) is 0 Å². The smallest absolute Gasteiger partial charge is 0.241 e. The van der Waals surface area contributed by atoms with Gasteiger partial charge in [-0.05, 0) is 19.9 Å². The first-order valence-corrected chi connectivity index (χ1v) is 7.51. The number of nitrogen functional groups attached to an aromatic ring is 1. The van der Waals surface area contributed by atoms with Crippen molar-refractivity contribution in [1.82, 2.24) is 19.8 Å². The van der Waals surface area contributed by atoms with Gasteiger partial charge in [-0.2, -0.15) is 5.10 Å². The lowest BCUT2D eigenvalue weighted by molar-refractivity contribution is -0.122. The molecule has 19 heavy (non-hydrogen) atoms. The van der Waals surface area contributed by atoms with Crippen molar-refractivity contribution < 1.29 is 13.2 Å². The van der Waals surface area contributed by atoms with Crippen molar-refractivity contribution in [2.75, 3.05) is 18.5 Å². The van der Waals surface area contributed by atoms with E-state index in [0.717, 1.165) is 6.26 Å². The lowest BCUT2D eigenvalue weighted by Crippen LogP contribution is -2.51. The van der Waals surface area contributed by atoms with Gasteiger partial charge >= 0.3 is 0 Å². The topological polar surface area (TPSA) is 119 Å². The third-order valence-electron chi connectivity index (χ3n) is 2.16. The van der Waals surface area contributed by atoms with E-state index in [1.54, 1.807) is 26.1 Å². The van der Waals surface area contributed by atoms with Gasteiger partial charge < -0.3 is 11.1 Å². The largest absolute Gasteiger partial charge is 0.382 e. The summed E-state index contributed by atoms with van der Waals surface area (Å²) in [6.45, 7) is 3.57. The average Bonchev–Trinajstić information content (AvgIpc) is 2.57. The Hall–Kier alpha value is -1.61. The van der Waals surface area contributed by atoms with Crippen LogP contribution in [0.15, 0.2) is 12.3 Å². The number of nitrogens with one attached hydrogen (secondary N) is 2. The van der Waals surface area contributed by atoms with Crippen molar-refractivity contribution in [3.8, 4) is 0 Å². The minimum atomic E-state index is -3.32. The van der Waals surface area contributed by atoms with Gasteiger partial charge in [0.25, 0.3) is 0 Å². The van der Waals surface area contributed by atoms with Gasteiger partial charge in [-0.1, -0.05) is 0 Å². The lowest BCUT2D eigenvalue weighted by atomic mass is 10.1. The van der Waals surface area contributed by atoms with Crippen LogP contribution in [0, 0.1) is 0 Å². The molecular weight excluding hydrogens is 270 g/mol. The van der Waals surface area contributed by atoms with Crippen molar-refractivity contribution in [1.29, 1.82) is 0 Å². The van der Waals surface area contributed by atoms with E-state index >= 15 is 0 Å². The highest BCUT2D eigenvalue weighted by atomic mass is 32.2. The van der Waals surface area contributed by atoms with Crippen LogP contribution in [0.2, 0.25) is 0 Å². The fourth-order valence-electron chi connectivity index (χ4n) is 1.53. The molecule has 0 atom stereocenters. The molecule has 1 amide bonds. The molecule has 0 aliphatic heterocycles. The molecule has 0 aromatic carbocycles. The highest BCUT2D eigenvalue weighted by Crippen LogP contribution is 2.02. The van der Waals surface area contributed by atoms with Crippen LogP contribution < -0.4 is 15.8 Å². The monoisotopic (exact) mass is 289 g/mol. The quantitative estimate of drug-likeness (QED) is 0.615. The maximum atomic E-state index is 11.6. The molecule has 1 rings (SSSR count). The summed E-state index contributed by atoms with van der Waals surface area (Å²) in [5.41, 5.74) is 4.67. The normalized spacial score (nSPS) is 12.4. The molecule has 1 aromatic heterocycles. The third-order valence-corrected chi connectivity index (χ3v) is 3.08. The Morgan fingerprint density at radius 1 is 1.53 bits per heavy atom. The number of hydrogen-bond acceptors (Lipinski definition) is 5. The maximum Gasteiger partial charge on any atom is 0.241 e. The summed E-state index contributed by atoms with van der Waals surface area (Å²) in [4.78, 5) is 11.6. The highest BCUT2D eigenvalue weighted by molar-refractivity contribution is 7.88. The van der Waals surface area contributed by atoms with Gasteiger partial charge in [-0.15, -0.1) is 0 Å². The molecule has 8 nitrogen and oxygen atoms in total. The van der Waals surface area contributed by atoms with E-state index in [2.05, 4.69) is 15.1 Å². The second kappa shape index (κ2) is 5.57. The maximum absolute atomic E-state index is 11.6. The summed E-state index contributed by atoms with van der Waals surface area (Å²) in [7, 11) is -3.32. The summed E-state index contributed by atoms with van der Waals surface area (Å²) < 4.78 is 26.1. The molecule has 0 aliphatic rings. The molecule has 9 heteroatoms. The van der Waals surface area contributed by atoms with E-state index in [9.17, 15) is 13.2 Å². The predicted molar refractivity (Wildman–Crippen MR) is 71.7 cm³/mol. The predicted octanol–water partition coefficient (Wildman–Crippen LogP) is -1.09. The van der Waals surface area contributed by atoms with E-state index in [-0.39, 0.29) is 19.0 Å². The van der Waals surface area contributed by atoms with Crippen molar-refractivity contribution in [3.63, 3.8) is 0 Å². The Balaban J connectivity index is 2.45. The summed E-state index contributed by atoms with van der Waals surface area (Å²) in [6, 6.07) is 1.59. The fraction of sp³-hybridized carbons (Fsp3) is 0.600. The number of nitrogens with zero attached hydrogens (tertiary/aromatic N) is 2. The number of nitrogens with two attached hydrogens (primary N) is 1. The van der Waals surface area contributed by atoms with Gasteiger partial charge in [-0.25, -0.2) is 13.1 Å². The first-order valence-electron chi connectivity index (χ1n) is 5.62. The molecule has 1 heterocycles. The SMILES string of the molecule is CC(C)(CNC(=O)Cn1ccc(N)n1)NS(C)(=O)=O. The van der Waals surface area contributed by atoms with Crippen molar-refractivity contribution in [3.05, 3.63) is 12.3 Å². The first-order chi connectivity index (χ1) is 8.57. The molecule has 0 radical (unpaired) electrons. The zero-order valence-corrected chi connectivity index (χ0v) is 12.0. The molecule has 0 bridgehead atoms. The number of sulfonamides is 1. The average molecular weight is 289 g/mol. The van der Waals surface area contributed by atoms with Crippen LogP contribution in [-0.2, 0) is 21.4 Å². The summed E-state index contributed by atoms with van der Waals surface area (Å²) >= 11 is 0. The standard InChI is InChI=1S/C10H19N5O3S/c1-10(2,14-19(3,17)18)7-12-9(16)6-15-5-4-8(11)13-15/h4-5,14H,6-7H2,1-3H3,(H2,11,13)(H,12,16). The Bertz CT molecular complexity index is 549. The van der Waals surface area contributed by atoms with Crippen LogP contribution >= 0.6 is 0 Å². The van der Waals surface area contributed by atoms with E-state index in [1.807, 2.05) is 0 Å². The molecule has 0 unspecified atom stereocenters. The Morgan fingerprint density at radius 2 is 2.16 bits per heavy atom. The van der Waals surface area contributed by atoms with E-state index < -0.39 is 15.6 Å². The van der Waals surface area contributed by atoms with E-state index in [1.165, 1.54) is 4.68 Å². The fourth-order valence-corrected chi connectivity index (χ4v) is 2.60. The molecule has 1 aromatic rings. The minimum Gasteiger partial charge on any atom is -0.382 e. The van der Waals surface area contributed by atoms with Crippen molar-refractivity contribution >= 4 is 21.7 Å². The number of rotatable bonds is 6. The minimum absolute atomic E-state index is 0.0339. The molecule has 0 saturated carbocycles. The number of anilines is 1. The first kappa shape index (κ1) is 15.4. The molecule has 0 saturated heterocycles. The lowest BCUT2D eigenvalue weighted by Gasteiger charge is -2.25. The van der Waals surface area contributed by atoms with E-state index in [4.69, 9.17) is 5.73 Å². The summed E-state index contributed by atoms with van der Waals surface area (Å²) in [6.07, 6.45) is 2.66. The van der Waals surface area contributed by atoms with Crippen LogP contribution in [0.3, 0.4) is 0 Å². The Labute approximate surface area is 112 Å². The molecule has 0 fully saturated rings. The second-order valence-corrected chi connectivity index (χ2v) is 6.72. The van der Waals surface area contributed by atoms with E-state index in [0.29, 0.717) is 5.82 Å². The number of hydrogen-bond donors (Lipinski definition) is 3. The third kappa shape index (κ3) is 6.20. The van der Waals surface area contributed by atoms with Crippen LogP contribution in [0.25, 0.3) is 0 Å². The van der Waals surface area contributed by atoms with Crippen molar-refractivity contribution in [2.45, 2.75) is 25.9 Å². The van der Waals surface area contributed by atoms with Crippen LogP contribution in [-0.4, -0.2) is 42.4 Å². The second-order valence-electron chi connectivity index (χ2n) is 4.97. The molecular formula is C10H19N5O3S. The molecule has 4 N–H and O–H groups in total. The molecule has 0 spiro atoms. The number of amides is 1.